The Bertz CT molecular complexity index is 1790. The van der Waals surface area contributed by atoms with Crippen LogP contribution in [-0.2, 0) is 21.1 Å². The van der Waals surface area contributed by atoms with E-state index in [9.17, 15) is 0 Å². The first-order valence-electron chi connectivity index (χ1n) is 20.6. The molecule has 4 aliphatic carbocycles. The van der Waals surface area contributed by atoms with Gasteiger partial charge in [-0.2, -0.15) is 0 Å². The number of hydrogen-bond acceptors (Lipinski definition) is 2. The van der Waals surface area contributed by atoms with Crippen molar-refractivity contribution < 1.29 is 21.1 Å². The number of aromatic nitrogens is 4. The molecular formula is C46H56N4Pt. The monoisotopic (exact) mass is 859 g/mol. The average Bonchev–Trinajstić information content (AvgIpc) is 3.98. The van der Waals surface area contributed by atoms with Gasteiger partial charge in [0, 0.05) is 0 Å². The predicted molar refractivity (Wildman–Crippen MR) is 209 cm³/mol. The standard InChI is InChI=1S/C46H56N4.Pt/c1-29-13-17-33(18-14-29)45-39-25-21-35(47-39)43(31-9-5-3-6-10-31)37-23-27-41(49-37)46(34-19-15-30(2)16-20-34)42-28-24-38(50-42)44(32-11-7-4-8-12-32)36-22-26-40(45)48-36;/h21-34H,3-20H2,1-2H3;/q-2;+2. The molecule has 2 aliphatic heterocycles. The maximum absolute atomic E-state index is 5.60. The van der Waals surface area contributed by atoms with E-state index in [0.717, 1.165) is 56.7 Å². The summed E-state index contributed by atoms with van der Waals surface area (Å²) >= 11 is 0. The zero-order valence-electron chi connectivity index (χ0n) is 30.9. The summed E-state index contributed by atoms with van der Waals surface area (Å²) in [6, 6.07) is 9.33. The molecule has 270 valence electrons. The first-order chi connectivity index (χ1) is 24.6. The van der Waals surface area contributed by atoms with Gasteiger partial charge in [-0.15, -0.1) is 22.1 Å². The number of hydrogen-bond donors (Lipinski definition) is 0. The molecule has 8 bridgehead atoms. The Kier molecular flexibility index (Phi) is 10.6. The molecule has 4 nitrogen and oxygen atoms in total. The van der Waals surface area contributed by atoms with Crippen LogP contribution in [0.2, 0.25) is 0 Å². The molecule has 3 aromatic heterocycles. The third-order valence-corrected chi connectivity index (χ3v) is 13.6. The van der Waals surface area contributed by atoms with E-state index in [1.165, 1.54) is 138 Å². The van der Waals surface area contributed by atoms with Crippen molar-refractivity contribution in [2.75, 3.05) is 0 Å². The van der Waals surface area contributed by atoms with Gasteiger partial charge >= 0.3 is 21.1 Å². The van der Waals surface area contributed by atoms with Crippen LogP contribution in [0.3, 0.4) is 0 Å². The third-order valence-electron chi connectivity index (χ3n) is 13.6. The molecular weight excluding hydrogens is 804 g/mol. The van der Waals surface area contributed by atoms with Crippen LogP contribution in [0.1, 0.15) is 198 Å². The van der Waals surface area contributed by atoms with Gasteiger partial charge in [-0.3, -0.25) is 0 Å². The Hall–Kier alpha value is -2.71. The number of fused-ring (bicyclic) bond motifs is 8. The van der Waals surface area contributed by atoms with Crippen LogP contribution >= 0.6 is 0 Å². The summed E-state index contributed by atoms with van der Waals surface area (Å²) in [5.74, 6) is 3.60. The second kappa shape index (κ2) is 15.3. The topological polar surface area (TPSA) is 54.0 Å². The van der Waals surface area contributed by atoms with Crippen LogP contribution in [0.4, 0.5) is 0 Å². The minimum atomic E-state index is 0. The molecule has 4 saturated carbocycles. The van der Waals surface area contributed by atoms with Gasteiger partial charge in [-0.05, 0) is 133 Å². The molecule has 0 unspecified atom stereocenters. The fraction of sp³-hybridized carbons (Fsp3) is 0.565. The van der Waals surface area contributed by atoms with Crippen LogP contribution in [0.25, 0.3) is 46.4 Å². The Balaban J connectivity index is 0.00000374. The Morgan fingerprint density at radius 1 is 0.392 bits per heavy atom. The molecule has 0 atom stereocenters. The van der Waals surface area contributed by atoms with Gasteiger partial charge in [0.2, 0.25) is 0 Å². The molecule has 0 saturated heterocycles. The smallest absolute Gasteiger partial charge is 0.657 e. The molecule has 3 aromatic rings. The second-order valence-electron chi connectivity index (χ2n) is 17.1. The fourth-order valence-electron chi connectivity index (χ4n) is 10.7. The van der Waals surface area contributed by atoms with Crippen molar-refractivity contribution in [3.63, 3.8) is 0 Å². The van der Waals surface area contributed by atoms with Crippen molar-refractivity contribution >= 4 is 46.4 Å². The minimum absolute atomic E-state index is 0. The molecule has 51 heavy (non-hydrogen) atoms. The fourth-order valence-corrected chi connectivity index (χ4v) is 10.7. The van der Waals surface area contributed by atoms with E-state index in [2.05, 4.69) is 62.4 Å². The summed E-state index contributed by atoms with van der Waals surface area (Å²) in [7, 11) is 0. The summed E-state index contributed by atoms with van der Waals surface area (Å²) in [4.78, 5) is 22.4. The number of rotatable bonds is 4. The first-order valence-corrected chi connectivity index (χ1v) is 20.6. The van der Waals surface area contributed by atoms with Crippen LogP contribution < -0.4 is 9.97 Å². The zero-order chi connectivity index (χ0) is 33.6. The second-order valence-corrected chi connectivity index (χ2v) is 17.1. The van der Waals surface area contributed by atoms with E-state index in [1.807, 2.05) is 0 Å². The Morgan fingerprint density at radius 2 is 0.667 bits per heavy atom. The zero-order valence-corrected chi connectivity index (χ0v) is 33.2. The molecule has 0 aromatic carbocycles. The molecule has 0 amide bonds. The summed E-state index contributed by atoms with van der Waals surface area (Å²) in [6.45, 7) is 4.85. The van der Waals surface area contributed by atoms with E-state index in [0.29, 0.717) is 23.7 Å². The summed E-state index contributed by atoms with van der Waals surface area (Å²) < 4.78 is 0. The quantitative estimate of drug-likeness (QED) is 0.181. The molecule has 0 spiro atoms. The van der Waals surface area contributed by atoms with Crippen LogP contribution in [0.15, 0.2) is 24.3 Å². The maximum Gasteiger partial charge on any atom is 2.00 e. The number of nitrogens with zero attached hydrogens (tertiary/aromatic N) is 4. The van der Waals surface area contributed by atoms with Crippen molar-refractivity contribution in [1.82, 2.24) is 19.9 Å². The summed E-state index contributed by atoms with van der Waals surface area (Å²) in [5.41, 5.74) is 14.7. The van der Waals surface area contributed by atoms with Gasteiger partial charge in [0.15, 0.2) is 0 Å². The van der Waals surface area contributed by atoms with Gasteiger partial charge in [0.25, 0.3) is 0 Å². The van der Waals surface area contributed by atoms with Crippen LogP contribution in [-0.4, -0.2) is 9.97 Å². The molecule has 4 fully saturated rings. The Labute approximate surface area is 320 Å². The molecule has 0 radical (unpaired) electrons. The predicted octanol–water partition coefficient (Wildman–Crippen LogP) is 12.6. The van der Waals surface area contributed by atoms with Gasteiger partial charge in [-0.1, -0.05) is 102 Å². The van der Waals surface area contributed by atoms with Gasteiger partial charge < -0.3 is 9.97 Å². The maximum atomic E-state index is 5.60. The van der Waals surface area contributed by atoms with Gasteiger partial charge in [0.1, 0.15) is 0 Å². The van der Waals surface area contributed by atoms with E-state index in [-0.39, 0.29) is 21.1 Å². The van der Waals surface area contributed by atoms with Gasteiger partial charge in [-0.25, -0.2) is 9.97 Å². The van der Waals surface area contributed by atoms with Gasteiger partial charge in [0.05, 0.1) is 22.8 Å². The van der Waals surface area contributed by atoms with Crippen LogP contribution in [0, 0.1) is 11.8 Å². The minimum Gasteiger partial charge on any atom is -0.657 e. The van der Waals surface area contributed by atoms with E-state index in [1.54, 1.807) is 0 Å². The van der Waals surface area contributed by atoms with Crippen molar-refractivity contribution in [3.05, 3.63) is 69.3 Å². The van der Waals surface area contributed by atoms with Crippen molar-refractivity contribution in [2.45, 2.75) is 153 Å². The van der Waals surface area contributed by atoms with E-state index in [4.69, 9.17) is 19.9 Å². The van der Waals surface area contributed by atoms with Crippen molar-refractivity contribution in [1.29, 1.82) is 0 Å². The SMILES string of the molecule is CC1CCC(c2c3nc(c(C4CCCCC4)c4ccc([n-]4)c(C4CCC(C)CC4)c4nc(c(C5CCCCC5)c5ccc2[n-]5)C=C4)C=C3)CC1.[Pt+2]. The largest absolute Gasteiger partial charge is 2.00 e. The van der Waals surface area contributed by atoms with E-state index < -0.39 is 0 Å². The van der Waals surface area contributed by atoms with Crippen LogP contribution in [0.5, 0.6) is 0 Å². The molecule has 9 rings (SSSR count). The molecule has 0 N–H and O–H groups in total. The molecule has 5 heterocycles. The Morgan fingerprint density at radius 3 is 0.961 bits per heavy atom. The van der Waals surface area contributed by atoms with Crippen molar-refractivity contribution in [3.8, 4) is 0 Å². The molecule has 6 aliphatic rings. The third kappa shape index (κ3) is 7.05. The normalized spacial score (nSPS) is 25.9. The summed E-state index contributed by atoms with van der Waals surface area (Å²) in [6.07, 6.45) is 32.2. The first kappa shape index (κ1) is 35.3. The summed E-state index contributed by atoms with van der Waals surface area (Å²) in [5, 5.41) is 0. The molecule has 5 heteroatoms. The van der Waals surface area contributed by atoms with Crippen molar-refractivity contribution in [2.24, 2.45) is 11.8 Å². The average molecular weight is 860 g/mol. The van der Waals surface area contributed by atoms with E-state index >= 15 is 0 Å².